The fourth-order valence-electron chi connectivity index (χ4n) is 0.571. The van der Waals surface area contributed by atoms with Crippen LogP contribution in [0.25, 0.3) is 0 Å². The summed E-state index contributed by atoms with van der Waals surface area (Å²) in [6, 6.07) is 7.23. The molecule has 1 aromatic rings. The number of benzene rings is 1. The van der Waals surface area contributed by atoms with E-state index in [2.05, 4.69) is 0 Å². The molecule has 1 rings (SSSR count). The smallest absolute Gasteiger partial charge is 0.118 e. The summed E-state index contributed by atoms with van der Waals surface area (Å²) in [6.45, 7) is 0. The van der Waals surface area contributed by atoms with Crippen molar-refractivity contribution >= 4 is 11.6 Å². The van der Waals surface area contributed by atoms with E-state index in [0.717, 1.165) is 10.8 Å². The minimum absolute atomic E-state index is 0. The van der Waals surface area contributed by atoms with Gasteiger partial charge in [0, 0.05) is 24.5 Å². The van der Waals surface area contributed by atoms with Crippen LogP contribution in [-0.2, 0) is 19.5 Å². The number of methoxy groups -OCH3 is 1. The Kier molecular flexibility index (Phi) is 4.67. The Hall–Kier alpha value is -0.0666. The summed E-state index contributed by atoms with van der Waals surface area (Å²) in [6.07, 6.45) is 0. The molecule has 0 aliphatic rings. The normalized spacial score (nSPS) is 8.20. The minimum Gasteiger partial charge on any atom is -0.497 e. The van der Waals surface area contributed by atoms with Gasteiger partial charge in [0.15, 0.2) is 0 Å². The summed E-state index contributed by atoms with van der Waals surface area (Å²) in [5.41, 5.74) is 0. The number of hydrogen-bond donors (Lipinski definition) is 0. The molecule has 0 radical (unpaired) electrons. The molecule has 0 unspecified atom stereocenters. The van der Waals surface area contributed by atoms with E-state index in [1.165, 1.54) is 0 Å². The van der Waals surface area contributed by atoms with E-state index in [1.54, 1.807) is 19.2 Å². The van der Waals surface area contributed by atoms with Crippen molar-refractivity contribution in [3.63, 3.8) is 0 Å². The van der Waals surface area contributed by atoms with Gasteiger partial charge in [-0.15, -0.1) is 0 Å². The SMILES string of the molecule is COc1ccc(Cl)cc1.[Zn]. The molecule has 0 spiro atoms. The first-order valence-corrected chi connectivity index (χ1v) is 3.00. The Labute approximate surface area is 78.1 Å². The summed E-state index contributed by atoms with van der Waals surface area (Å²) in [4.78, 5) is 0. The zero-order chi connectivity index (χ0) is 6.69. The summed E-state index contributed by atoms with van der Waals surface area (Å²) in [5, 5.41) is 0.732. The average molecular weight is 208 g/mol. The standard InChI is InChI=1S/C7H7ClO.Zn/c1-9-7-4-2-6(8)3-5-7;/h2-5H,1H3;. The second-order valence-electron chi connectivity index (χ2n) is 1.66. The molecule has 0 aliphatic heterocycles. The Morgan fingerprint density at radius 3 is 2.10 bits per heavy atom. The van der Waals surface area contributed by atoms with Crippen LogP contribution in [0.1, 0.15) is 0 Å². The van der Waals surface area contributed by atoms with Crippen LogP contribution in [0.4, 0.5) is 0 Å². The monoisotopic (exact) mass is 206 g/mol. The van der Waals surface area contributed by atoms with Crippen LogP contribution in [0.3, 0.4) is 0 Å². The summed E-state index contributed by atoms with van der Waals surface area (Å²) < 4.78 is 4.91. The van der Waals surface area contributed by atoms with Gasteiger partial charge >= 0.3 is 0 Å². The van der Waals surface area contributed by atoms with Crippen molar-refractivity contribution in [2.45, 2.75) is 0 Å². The van der Waals surface area contributed by atoms with E-state index in [-0.39, 0.29) is 19.5 Å². The van der Waals surface area contributed by atoms with Gasteiger partial charge in [0.25, 0.3) is 0 Å². The molecule has 10 heavy (non-hydrogen) atoms. The summed E-state index contributed by atoms with van der Waals surface area (Å²) in [7, 11) is 1.63. The van der Waals surface area contributed by atoms with Crippen molar-refractivity contribution < 1.29 is 24.2 Å². The first kappa shape index (κ1) is 9.93. The molecule has 3 heteroatoms. The van der Waals surface area contributed by atoms with Crippen LogP contribution in [0.5, 0.6) is 5.75 Å². The van der Waals surface area contributed by atoms with E-state index in [1.807, 2.05) is 12.1 Å². The van der Waals surface area contributed by atoms with Gasteiger partial charge in [0.05, 0.1) is 7.11 Å². The molecular weight excluding hydrogens is 201 g/mol. The molecule has 0 saturated carbocycles. The average Bonchev–Trinajstić information content (AvgIpc) is 1.90. The Morgan fingerprint density at radius 2 is 1.70 bits per heavy atom. The van der Waals surface area contributed by atoms with Gasteiger partial charge in [-0.25, -0.2) is 0 Å². The van der Waals surface area contributed by atoms with Gasteiger partial charge in [0.1, 0.15) is 5.75 Å². The molecule has 0 fully saturated rings. The number of hydrogen-bond acceptors (Lipinski definition) is 1. The van der Waals surface area contributed by atoms with Crippen LogP contribution in [0, 0.1) is 0 Å². The maximum absolute atomic E-state index is 5.61. The number of ether oxygens (including phenoxy) is 1. The molecule has 0 saturated heterocycles. The van der Waals surface area contributed by atoms with Crippen LogP contribution in [0.2, 0.25) is 5.02 Å². The van der Waals surface area contributed by atoms with Gasteiger partial charge in [-0.1, -0.05) is 11.6 Å². The maximum Gasteiger partial charge on any atom is 0.118 e. The van der Waals surface area contributed by atoms with Crippen molar-refractivity contribution in [3.8, 4) is 5.75 Å². The predicted octanol–water partition coefficient (Wildman–Crippen LogP) is 2.35. The predicted molar refractivity (Wildman–Crippen MR) is 38.0 cm³/mol. The zero-order valence-corrected chi connectivity index (χ0v) is 9.53. The molecule has 0 N–H and O–H groups in total. The van der Waals surface area contributed by atoms with Crippen LogP contribution >= 0.6 is 11.6 Å². The number of rotatable bonds is 1. The minimum atomic E-state index is 0. The van der Waals surface area contributed by atoms with Crippen molar-refractivity contribution in [2.75, 3.05) is 7.11 Å². The Morgan fingerprint density at radius 1 is 1.20 bits per heavy atom. The largest absolute Gasteiger partial charge is 0.497 e. The molecule has 0 atom stereocenters. The molecule has 1 aromatic carbocycles. The van der Waals surface area contributed by atoms with E-state index >= 15 is 0 Å². The topological polar surface area (TPSA) is 9.23 Å². The van der Waals surface area contributed by atoms with Gasteiger partial charge in [-0.05, 0) is 24.3 Å². The summed E-state index contributed by atoms with van der Waals surface area (Å²) in [5.74, 6) is 0.833. The molecule has 1 nitrogen and oxygen atoms in total. The number of halogens is 1. The third-order valence-electron chi connectivity index (χ3n) is 1.05. The fourth-order valence-corrected chi connectivity index (χ4v) is 0.697. The molecular formula is C7H7ClOZn. The molecule has 50 valence electrons. The zero-order valence-electron chi connectivity index (χ0n) is 5.80. The first-order chi connectivity index (χ1) is 4.33. The molecule has 0 aliphatic carbocycles. The van der Waals surface area contributed by atoms with E-state index < -0.39 is 0 Å². The molecule has 0 bridgehead atoms. The third-order valence-corrected chi connectivity index (χ3v) is 1.30. The van der Waals surface area contributed by atoms with E-state index in [0.29, 0.717) is 0 Å². The van der Waals surface area contributed by atoms with Gasteiger partial charge in [0.2, 0.25) is 0 Å². The fraction of sp³-hybridized carbons (Fsp3) is 0.143. The molecule has 0 amide bonds. The first-order valence-electron chi connectivity index (χ1n) is 2.62. The van der Waals surface area contributed by atoms with Gasteiger partial charge in [-0.3, -0.25) is 0 Å². The van der Waals surface area contributed by atoms with Crippen molar-refractivity contribution in [2.24, 2.45) is 0 Å². The maximum atomic E-state index is 5.61. The quantitative estimate of drug-likeness (QED) is 0.643. The van der Waals surface area contributed by atoms with Gasteiger partial charge < -0.3 is 4.74 Å². The van der Waals surface area contributed by atoms with Crippen LogP contribution in [0.15, 0.2) is 24.3 Å². The van der Waals surface area contributed by atoms with E-state index in [9.17, 15) is 0 Å². The van der Waals surface area contributed by atoms with Crippen molar-refractivity contribution in [1.82, 2.24) is 0 Å². The van der Waals surface area contributed by atoms with Crippen molar-refractivity contribution in [1.29, 1.82) is 0 Å². The van der Waals surface area contributed by atoms with Crippen LogP contribution < -0.4 is 4.74 Å². The Bertz CT molecular complexity index is 185. The summed E-state index contributed by atoms with van der Waals surface area (Å²) >= 11 is 5.61. The van der Waals surface area contributed by atoms with Crippen LogP contribution in [-0.4, -0.2) is 7.11 Å². The molecule has 0 heterocycles. The molecule has 0 aromatic heterocycles. The van der Waals surface area contributed by atoms with Crippen molar-refractivity contribution in [3.05, 3.63) is 29.3 Å². The third kappa shape index (κ3) is 2.68. The van der Waals surface area contributed by atoms with Gasteiger partial charge in [-0.2, -0.15) is 0 Å². The Balaban J connectivity index is 0.000000810. The van der Waals surface area contributed by atoms with E-state index in [4.69, 9.17) is 16.3 Å². The second kappa shape index (κ2) is 4.70. The second-order valence-corrected chi connectivity index (χ2v) is 2.09.